The number of rotatable bonds is 5. The largest absolute Gasteiger partial charge is 0.330 e. The molecule has 7 nitrogen and oxygen atoms in total. The van der Waals surface area contributed by atoms with Crippen LogP contribution < -0.4 is 0 Å². The van der Waals surface area contributed by atoms with Crippen LogP contribution in [0, 0.1) is 16.7 Å². The lowest BCUT2D eigenvalue weighted by Gasteiger charge is -2.22. The first-order chi connectivity index (χ1) is 16.0. The molecule has 0 aromatic carbocycles. The summed E-state index contributed by atoms with van der Waals surface area (Å²) in [5, 5.41) is 14.1. The van der Waals surface area contributed by atoms with Gasteiger partial charge in [-0.1, -0.05) is 19.8 Å². The first-order valence-corrected chi connectivity index (χ1v) is 11.8. The van der Waals surface area contributed by atoms with Crippen LogP contribution in [-0.2, 0) is 13.1 Å². The Morgan fingerprint density at radius 3 is 2.73 bits per heavy atom. The zero-order valence-corrected chi connectivity index (χ0v) is 18.8. The van der Waals surface area contributed by atoms with E-state index in [-0.39, 0.29) is 5.91 Å². The molecule has 0 atom stereocenters. The average molecular weight is 439 g/mol. The van der Waals surface area contributed by atoms with Gasteiger partial charge in [-0.05, 0) is 49.3 Å². The van der Waals surface area contributed by atoms with E-state index in [0.29, 0.717) is 35.0 Å². The first kappa shape index (κ1) is 20.1. The van der Waals surface area contributed by atoms with Crippen LogP contribution in [0.5, 0.6) is 0 Å². The van der Waals surface area contributed by atoms with Gasteiger partial charge in [-0.15, -0.1) is 0 Å². The fourth-order valence-corrected chi connectivity index (χ4v) is 5.34. The van der Waals surface area contributed by atoms with Gasteiger partial charge in [0.05, 0.1) is 29.7 Å². The molecule has 1 amide bonds. The van der Waals surface area contributed by atoms with Gasteiger partial charge in [-0.2, -0.15) is 10.4 Å². The second kappa shape index (κ2) is 7.51. The molecule has 2 saturated carbocycles. The molecule has 2 aliphatic carbocycles. The number of aromatic nitrogens is 4. The fourth-order valence-electron chi connectivity index (χ4n) is 5.34. The molecule has 1 aliphatic heterocycles. The van der Waals surface area contributed by atoms with Crippen LogP contribution >= 0.6 is 0 Å². The van der Waals surface area contributed by atoms with Gasteiger partial charge in [-0.3, -0.25) is 14.5 Å². The SMILES string of the molecule is CC1(Cn2cc(-c3ccc(C#N)nc3-c3cnc4c(c3)C(=O)N(C3CC3)C4)cn2)CCCC1. The van der Waals surface area contributed by atoms with Crippen LogP contribution in [0.25, 0.3) is 22.4 Å². The normalized spacial score (nSPS) is 19.0. The van der Waals surface area contributed by atoms with Crippen molar-refractivity contribution in [3.8, 4) is 28.5 Å². The third kappa shape index (κ3) is 3.60. The molecule has 0 bridgehead atoms. The Balaban J connectivity index is 1.37. The van der Waals surface area contributed by atoms with Gasteiger partial charge < -0.3 is 4.90 Å². The van der Waals surface area contributed by atoms with Crippen molar-refractivity contribution in [2.24, 2.45) is 5.41 Å². The zero-order chi connectivity index (χ0) is 22.6. The molecule has 6 rings (SSSR count). The third-order valence-corrected chi connectivity index (χ3v) is 7.35. The Morgan fingerprint density at radius 2 is 1.97 bits per heavy atom. The lowest BCUT2D eigenvalue weighted by molar-refractivity contribution is 0.0766. The maximum atomic E-state index is 12.9. The number of nitrogens with zero attached hydrogens (tertiary/aromatic N) is 6. The standard InChI is InChI=1S/C26H26N6O/c1-26(8-2-3-9-26)16-31-14-18(13-29-31)21-7-4-19(11-27)30-24(21)17-10-22-23(28-12-17)15-32(25(22)33)20-5-6-20/h4,7,10,12-14,20H,2-3,5-6,8-9,15-16H2,1H3. The van der Waals surface area contributed by atoms with E-state index in [4.69, 9.17) is 0 Å². The van der Waals surface area contributed by atoms with E-state index in [1.807, 2.05) is 27.9 Å². The second-order valence-electron chi connectivity index (χ2n) is 10.0. The van der Waals surface area contributed by atoms with E-state index in [1.165, 1.54) is 25.7 Å². The van der Waals surface area contributed by atoms with Crippen molar-refractivity contribution in [1.82, 2.24) is 24.6 Å². The number of hydrogen-bond acceptors (Lipinski definition) is 5. The summed E-state index contributed by atoms with van der Waals surface area (Å²) in [7, 11) is 0. The van der Waals surface area contributed by atoms with Crippen molar-refractivity contribution in [2.75, 3.05) is 0 Å². The van der Waals surface area contributed by atoms with Gasteiger partial charge >= 0.3 is 0 Å². The highest BCUT2D eigenvalue weighted by atomic mass is 16.2. The van der Waals surface area contributed by atoms with Crippen molar-refractivity contribution in [1.29, 1.82) is 5.26 Å². The summed E-state index contributed by atoms with van der Waals surface area (Å²) in [4.78, 5) is 24.1. The molecule has 0 saturated heterocycles. The van der Waals surface area contributed by atoms with Crippen molar-refractivity contribution in [2.45, 2.75) is 64.6 Å². The molecule has 4 heterocycles. The number of pyridine rings is 2. The van der Waals surface area contributed by atoms with Crippen LogP contribution in [0.4, 0.5) is 0 Å². The third-order valence-electron chi connectivity index (χ3n) is 7.35. The Bertz CT molecular complexity index is 1290. The molecule has 7 heteroatoms. The summed E-state index contributed by atoms with van der Waals surface area (Å²) in [6.45, 7) is 3.83. The van der Waals surface area contributed by atoms with E-state index < -0.39 is 0 Å². The molecule has 0 unspecified atom stereocenters. The van der Waals surface area contributed by atoms with Crippen LogP contribution in [0.1, 0.15) is 67.2 Å². The number of amides is 1. The van der Waals surface area contributed by atoms with E-state index in [0.717, 1.165) is 41.8 Å². The van der Waals surface area contributed by atoms with E-state index in [2.05, 4.69) is 34.3 Å². The number of nitriles is 1. The average Bonchev–Trinajstić information content (AvgIpc) is 3.27. The number of carbonyl (C=O) groups excluding carboxylic acids is 1. The minimum Gasteiger partial charge on any atom is -0.330 e. The van der Waals surface area contributed by atoms with E-state index >= 15 is 0 Å². The summed E-state index contributed by atoms with van der Waals surface area (Å²) in [5.41, 5.74) is 5.37. The Labute approximate surface area is 193 Å². The summed E-state index contributed by atoms with van der Waals surface area (Å²) in [6.07, 6.45) is 12.9. The van der Waals surface area contributed by atoms with E-state index in [9.17, 15) is 10.1 Å². The highest BCUT2D eigenvalue weighted by Crippen LogP contribution is 2.40. The van der Waals surface area contributed by atoms with Crippen LogP contribution in [0.15, 0.2) is 36.8 Å². The van der Waals surface area contributed by atoms with E-state index in [1.54, 1.807) is 12.3 Å². The summed E-state index contributed by atoms with van der Waals surface area (Å²) < 4.78 is 2.03. The molecule has 0 N–H and O–H groups in total. The molecule has 3 aromatic heterocycles. The first-order valence-electron chi connectivity index (χ1n) is 11.8. The van der Waals surface area contributed by atoms with Gasteiger partial charge in [-0.25, -0.2) is 4.98 Å². The maximum absolute atomic E-state index is 12.9. The summed E-state index contributed by atoms with van der Waals surface area (Å²) >= 11 is 0. The quantitative estimate of drug-likeness (QED) is 0.582. The van der Waals surface area contributed by atoms with Gasteiger partial charge in [0.2, 0.25) is 0 Å². The number of hydrogen-bond donors (Lipinski definition) is 0. The maximum Gasteiger partial charge on any atom is 0.256 e. The second-order valence-corrected chi connectivity index (χ2v) is 10.0. The highest BCUT2D eigenvalue weighted by molar-refractivity contribution is 5.99. The smallest absolute Gasteiger partial charge is 0.256 e. The predicted octanol–water partition coefficient (Wildman–Crippen LogP) is 4.58. The Kier molecular flexibility index (Phi) is 4.58. The number of carbonyl (C=O) groups is 1. The molecule has 166 valence electrons. The predicted molar refractivity (Wildman–Crippen MR) is 123 cm³/mol. The minimum atomic E-state index is 0.0532. The molecule has 3 aromatic rings. The molecule has 0 radical (unpaired) electrons. The van der Waals surface area contributed by atoms with Crippen molar-refractivity contribution in [3.63, 3.8) is 0 Å². The monoisotopic (exact) mass is 438 g/mol. The molecule has 3 aliphatic rings. The highest BCUT2D eigenvalue weighted by Gasteiger charge is 2.39. The lowest BCUT2D eigenvalue weighted by atomic mass is 9.89. The molecular weight excluding hydrogens is 412 g/mol. The molecular formula is C26H26N6O. The minimum absolute atomic E-state index is 0.0532. The van der Waals surface area contributed by atoms with Crippen LogP contribution in [-0.4, -0.2) is 36.6 Å². The zero-order valence-electron chi connectivity index (χ0n) is 18.8. The molecule has 0 spiro atoms. The van der Waals surface area contributed by atoms with Gasteiger partial charge in [0.25, 0.3) is 5.91 Å². The molecule has 2 fully saturated rings. The summed E-state index contributed by atoms with van der Waals surface area (Å²) in [6, 6.07) is 8.04. The van der Waals surface area contributed by atoms with Crippen molar-refractivity contribution < 1.29 is 4.79 Å². The van der Waals surface area contributed by atoms with Gasteiger partial charge in [0.15, 0.2) is 0 Å². The molecule has 33 heavy (non-hydrogen) atoms. The fraction of sp³-hybridized carbons (Fsp3) is 0.423. The van der Waals surface area contributed by atoms with Gasteiger partial charge in [0, 0.05) is 41.7 Å². The van der Waals surface area contributed by atoms with Gasteiger partial charge in [0.1, 0.15) is 11.8 Å². The topological polar surface area (TPSA) is 87.7 Å². The summed E-state index contributed by atoms with van der Waals surface area (Å²) in [5.74, 6) is 0.0532. The van der Waals surface area contributed by atoms with Crippen molar-refractivity contribution in [3.05, 3.63) is 53.7 Å². The van der Waals surface area contributed by atoms with Crippen molar-refractivity contribution >= 4 is 5.91 Å². The van der Waals surface area contributed by atoms with Crippen LogP contribution in [0.2, 0.25) is 0 Å². The Hall–Kier alpha value is -3.53. The lowest BCUT2D eigenvalue weighted by Crippen LogP contribution is -2.25. The number of fused-ring (bicyclic) bond motifs is 1. The van der Waals surface area contributed by atoms with Crippen LogP contribution in [0.3, 0.4) is 0 Å². The Morgan fingerprint density at radius 1 is 1.15 bits per heavy atom.